The fourth-order valence-electron chi connectivity index (χ4n) is 7.09. The molecule has 0 aromatic heterocycles. The standard InChI is InChI=1S/C22H25I2NO4/c1-2-17(27)29-19-15-10-14(15)18-20(19,11-28-25)6-5-16-21(23)8-4-13(26)9-12(21)3-7-22(16,18)24/h2-3,7,9,14-16,18-19H,1,4-6,8,10-11,25H2. The molecule has 0 spiro atoms. The first-order valence-corrected chi connectivity index (χ1v) is 12.4. The third kappa shape index (κ3) is 2.75. The van der Waals surface area contributed by atoms with Crippen LogP contribution in [0, 0.1) is 29.1 Å². The highest BCUT2D eigenvalue weighted by Gasteiger charge is 2.76. The minimum Gasteiger partial charge on any atom is -0.458 e. The van der Waals surface area contributed by atoms with E-state index in [1.165, 1.54) is 11.6 Å². The first-order chi connectivity index (χ1) is 13.8. The summed E-state index contributed by atoms with van der Waals surface area (Å²) in [5, 5.41) is 0. The lowest BCUT2D eigenvalue weighted by Gasteiger charge is -2.60. The molecule has 0 heterocycles. The van der Waals surface area contributed by atoms with Crippen molar-refractivity contribution in [2.45, 2.75) is 45.1 Å². The molecule has 29 heavy (non-hydrogen) atoms. The molecule has 8 unspecified atom stereocenters. The van der Waals surface area contributed by atoms with Crippen LogP contribution < -0.4 is 5.90 Å². The van der Waals surface area contributed by atoms with Crippen LogP contribution in [0.25, 0.3) is 0 Å². The van der Waals surface area contributed by atoms with Gasteiger partial charge in [-0.05, 0) is 55.1 Å². The van der Waals surface area contributed by atoms with E-state index >= 15 is 0 Å². The van der Waals surface area contributed by atoms with E-state index in [4.69, 9.17) is 15.5 Å². The van der Waals surface area contributed by atoms with E-state index in [-0.39, 0.29) is 30.1 Å². The Balaban J connectivity index is 1.59. The molecule has 0 radical (unpaired) electrons. The van der Waals surface area contributed by atoms with Crippen molar-refractivity contribution in [3.05, 3.63) is 36.5 Å². The van der Waals surface area contributed by atoms with Crippen LogP contribution in [-0.4, -0.2) is 31.3 Å². The molecular formula is C22H25I2NO4. The zero-order chi connectivity index (χ0) is 20.6. The highest BCUT2D eigenvalue weighted by molar-refractivity contribution is 14.1. The van der Waals surface area contributed by atoms with Crippen molar-refractivity contribution in [2.24, 2.45) is 35.0 Å². The summed E-state index contributed by atoms with van der Waals surface area (Å²) in [6, 6.07) is 0. The molecule has 5 aliphatic rings. The molecule has 2 N–H and O–H groups in total. The van der Waals surface area contributed by atoms with Gasteiger partial charge in [-0.3, -0.25) is 4.79 Å². The number of hydrogen-bond donors (Lipinski definition) is 1. The van der Waals surface area contributed by atoms with Crippen molar-refractivity contribution in [1.29, 1.82) is 0 Å². The molecule has 3 fully saturated rings. The highest BCUT2D eigenvalue weighted by Crippen LogP contribution is 2.76. The zero-order valence-corrected chi connectivity index (χ0v) is 20.4. The maximum absolute atomic E-state index is 12.1. The van der Waals surface area contributed by atoms with Crippen LogP contribution in [-0.2, 0) is 19.2 Å². The second-order valence-electron chi connectivity index (χ2n) is 9.33. The van der Waals surface area contributed by atoms with E-state index in [1.807, 2.05) is 6.08 Å². The third-order valence-electron chi connectivity index (χ3n) is 8.17. The minimum absolute atomic E-state index is 0.0163. The Morgan fingerprint density at radius 3 is 2.86 bits per heavy atom. The number of alkyl halides is 2. The Labute approximate surface area is 198 Å². The lowest BCUT2D eigenvalue weighted by Crippen LogP contribution is -2.62. The first kappa shape index (κ1) is 20.6. The Morgan fingerprint density at radius 1 is 1.34 bits per heavy atom. The average Bonchev–Trinajstić information content (AvgIpc) is 3.40. The molecule has 0 aromatic carbocycles. The Kier molecular flexibility index (Phi) is 4.89. The van der Waals surface area contributed by atoms with Gasteiger partial charge in [0.2, 0.25) is 0 Å². The van der Waals surface area contributed by atoms with Crippen molar-refractivity contribution in [3.63, 3.8) is 0 Å². The molecule has 0 bridgehead atoms. The summed E-state index contributed by atoms with van der Waals surface area (Å²) in [7, 11) is 0. The monoisotopic (exact) mass is 621 g/mol. The maximum Gasteiger partial charge on any atom is 0.330 e. The van der Waals surface area contributed by atoms with Crippen LogP contribution in [0.2, 0.25) is 0 Å². The van der Waals surface area contributed by atoms with Gasteiger partial charge in [-0.1, -0.05) is 63.9 Å². The Hall–Kier alpha value is -0.260. The van der Waals surface area contributed by atoms with Crippen LogP contribution in [0.5, 0.6) is 0 Å². The lowest BCUT2D eigenvalue weighted by molar-refractivity contribution is -0.162. The van der Waals surface area contributed by atoms with Gasteiger partial charge in [0, 0.05) is 27.3 Å². The number of hydrogen-bond acceptors (Lipinski definition) is 5. The van der Waals surface area contributed by atoms with E-state index in [9.17, 15) is 9.59 Å². The van der Waals surface area contributed by atoms with E-state index in [1.54, 1.807) is 0 Å². The minimum atomic E-state index is -0.358. The summed E-state index contributed by atoms with van der Waals surface area (Å²) in [4.78, 5) is 29.4. The number of carbonyl (C=O) groups excluding carboxylic acids is 2. The average molecular weight is 621 g/mol. The number of rotatable bonds is 4. The molecule has 8 atom stereocenters. The fraction of sp³-hybridized carbons (Fsp3) is 0.636. The summed E-state index contributed by atoms with van der Waals surface area (Å²) in [5.41, 5.74) is 0.913. The van der Waals surface area contributed by atoms with Crippen LogP contribution in [0.15, 0.2) is 36.5 Å². The van der Waals surface area contributed by atoms with Crippen molar-refractivity contribution in [1.82, 2.24) is 0 Å². The van der Waals surface area contributed by atoms with Gasteiger partial charge in [-0.15, -0.1) is 0 Å². The molecule has 5 nitrogen and oxygen atoms in total. The summed E-state index contributed by atoms with van der Waals surface area (Å²) in [6.45, 7) is 3.98. The molecule has 5 rings (SSSR count). The van der Waals surface area contributed by atoms with Gasteiger partial charge in [0.1, 0.15) is 6.10 Å². The molecule has 5 aliphatic carbocycles. The largest absolute Gasteiger partial charge is 0.458 e. The summed E-state index contributed by atoms with van der Waals surface area (Å²) >= 11 is 5.30. The van der Waals surface area contributed by atoms with Crippen molar-refractivity contribution < 1.29 is 19.2 Å². The Bertz CT molecular complexity index is 856. The highest BCUT2D eigenvalue weighted by atomic mass is 127. The van der Waals surface area contributed by atoms with Gasteiger partial charge in [0.05, 0.1) is 10.0 Å². The van der Waals surface area contributed by atoms with Crippen molar-refractivity contribution >= 4 is 56.9 Å². The molecule has 156 valence electrons. The number of ketones is 1. The molecule has 3 saturated carbocycles. The first-order valence-electron chi connectivity index (χ1n) is 10.3. The number of ether oxygens (including phenoxy) is 1. The number of esters is 1. The smallest absolute Gasteiger partial charge is 0.330 e. The summed E-state index contributed by atoms with van der Waals surface area (Å²) < 4.78 is 5.85. The predicted molar refractivity (Wildman–Crippen MR) is 125 cm³/mol. The Morgan fingerprint density at radius 2 is 2.14 bits per heavy atom. The van der Waals surface area contributed by atoms with E-state index in [0.29, 0.717) is 36.7 Å². The van der Waals surface area contributed by atoms with Crippen LogP contribution >= 0.6 is 45.2 Å². The number of allylic oxidation sites excluding steroid dienone is 4. The molecule has 0 amide bonds. The number of halogens is 2. The van der Waals surface area contributed by atoms with E-state index in [2.05, 4.69) is 63.9 Å². The number of fused-ring (bicyclic) bond motifs is 7. The second kappa shape index (κ2) is 6.87. The normalized spacial score (nSPS) is 49.3. The second-order valence-corrected chi connectivity index (χ2v) is 13.1. The molecule has 0 aromatic rings. The van der Waals surface area contributed by atoms with Crippen LogP contribution in [0.1, 0.15) is 32.1 Å². The number of nitrogens with two attached hydrogens (primary N) is 1. The van der Waals surface area contributed by atoms with Gasteiger partial charge < -0.3 is 9.57 Å². The topological polar surface area (TPSA) is 78.6 Å². The summed E-state index contributed by atoms with van der Waals surface area (Å²) in [5.74, 6) is 7.18. The van der Waals surface area contributed by atoms with Gasteiger partial charge >= 0.3 is 5.97 Å². The molecule has 0 saturated heterocycles. The quantitative estimate of drug-likeness (QED) is 0.170. The molecule has 0 aliphatic heterocycles. The van der Waals surface area contributed by atoms with Crippen molar-refractivity contribution in [3.8, 4) is 0 Å². The van der Waals surface area contributed by atoms with E-state index in [0.717, 1.165) is 25.7 Å². The SMILES string of the molecule is C=CC(=O)OC1C2CC2C2C3(I)C=CC4=CC(=O)CCC4(I)C3CCC12CON. The third-order valence-corrected chi connectivity index (χ3v) is 11.9. The van der Waals surface area contributed by atoms with Gasteiger partial charge in [0.25, 0.3) is 0 Å². The number of carbonyl (C=O) groups is 2. The molecule has 7 heteroatoms. The van der Waals surface area contributed by atoms with Gasteiger partial charge in [-0.25, -0.2) is 10.7 Å². The maximum atomic E-state index is 12.1. The van der Waals surface area contributed by atoms with E-state index < -0.39 is 0 Å². The van der Waals surface area contributed by atoms with Crippen LogP contribution in [0.4, 0.5) is 0 Å². The summed E-state index contributed by atoms with van der Waals surface area (Å²) in [6.07, 6.45) is 12.0. The lowest BCUT2D eigenvalue weighted by atomic mass is 9.52. The predicted octanol–water partition coefficient (Wildman–Crippen LogP) is 3.84. The van der Waals surface area contributed by atoms with Gasteiger partial charge in [-0.2, -0.15) is 0 Å². The fourth-order valence-corrected chi connectivity index (χ4v) is 11.2. The zero-order valence-electron chi connectivity index (χ0n) is 16.1. The van der Waals surface area contributed by atoms with Crippen LogP contribution in [0.3, 0.4) is 0 Å². The molecular weight excluding hydrogens is 596 g/mol. The van der Waals surface area contributed by atoms with Crippen molar-refractivity contribution in [2.75, 3.05) is 6.61 Å². The van der Waals surface area contributed by atoms with Gasteiger partial charge in [0.15, 0.2) is 5.78 Å².